The zero-order valence-electron chi connectivity index (χ0n) is 21.9. The zero-order chi connectivity index (χ0) is 28.5. The normalized spacial score (nSPS) is 12.9. The van der Waals surface area contributed by atoms with Crippen LogP contribution in [0.1, 0.15) is 50.0 Å². The van der Waals surface area contributed by atoms with E-state index in [-0.39, 0.29) is 48.9 Å². The minimum atomic E-state index is -1.03. The molecule has 0 spiro atoms. The summed E-state index contributed by atoms with van der Waals surface area (Å²) in [4.78, 5) is 64.3. The molecule has 206 valence electrons. The lowest BCUT2D eigenvalue weighted by atomic mass is 10.0. The van der Waals surface area contributed by atoms with E-state index in [0.29, 0.717) is 12.0 Å². The summed E-state index contributed by atoms with van der Waals surface area (Å²) in [5, 5.41) is 5.56. The van der Waals surface area contributed by atoms with Crippen LogP contribution < -0.4 is 15.4 Å². The number of imide groups is 1. The lowest BCUT2D eigenvalue weighted by Crippen LogP contribution is -2.51. The Morgan fingerprint density at radius 2 is 1.40 bits per heavy atom. The van der Waals surface area contributed by atoms with Crippen molar-refractivity contribution < 1.29 is 33.4 Å². The minimum Gasteiger partial charge on any atom is -0.434 e. The van der Waals surface area contributed by atoms with Gasteiger partial charge in [0.25, 0.3) is 17.7 Å². The molecule has 10 nitrogen and oxygen atoms in total. The first-order valence-electron chi connectivity index (χ1n) is 12.9. The molecule has 0 radical (unpaired) electrons. The van der Waals surface area contributed by atoms with Crippen LogP contribution in [0.25, 0.3) is 0 Å². The summed E-state index contributed by atoms with van der Waals surface area (Å²) in [6.45, 7) is 2.35. The van der Waals surface area contributed by atoms with E-state index in [9.17, 15) is 24.0 Å². The number of carbonyl (C=O) groups excluding carboxylic acids is 5. The molecule has 1 atom stereocenters. The predicted octanol–water partition coefficient (Wildman–Crippen LogP) is 3.37. The molecule has 0 saturated heterocycles. The maximum absolute atomic E-state index is 13.3. The molecule has 1 heterocycles. The van der Waals surface area contributed by atoms with Gasteiger partial charge in [-0.25, -0.2) is 4.79 Å². The van der Waals surface area contributed by atoms with Gasteiger partial charge < -0.3 is 20.1 Å². The van der Waals surface area contributed by atoms with E-state index >= 15 is 0 Å². The highest BCUT2D eigenvalue weighted by Gasteiger charge is 2.42. The molecule has 10 heteroatoms. The largest absolute Gasteiger partial charge is 0.513 e. The van der Waals surface area contributed by atoms with Crippen LogP contribution in [-0.2, 0) is 16.0 Å². The summed E-state index contributed by atoms with van der Waals surface area (Å²) in [7, 11) is 0. The zero-order valence-corrected chi connectivity index (χ0v) is 21.9. The number of rotatable bonds is 11. The average Bonchev–Trinajstić information content (AvgIpc) is 3.21. The molecule has 0 saturated carbocycles. The Hall–Kier alpha value is -4.99. The van der Waals surface area contributed by atoms with Crippen molar-refractivity contribution >= 4 is 29.8 Å². The Balaban J connectivity index is 1.31. The van der Waals surface area contributed by atoms with Crippen LogP contribution in [0.4, 0.5) is 4.79 Å². The van der Waals surface area contributed by atoms with Crippen LogP contribution in [0.15, 0.2) is 78.9 Å². The van der Waals surface area contributed by atoms with E-state index in [2.05, 4.69) is 10.6 Å². The molecule has 0 aliphatic carbocycles. The first-order valence-corrected chi connectivity index (χ1v) is 12.9. The Labute approximate surface area is 231 Å². The molecule has 3 aromatic rings. The van der Waals surface area contributed by atoms with Gasteiger partial charge in [0.1, 0.15) is 11.8 Å². The van der Waals surface area contributed by atoms with Crippen molar-refractivity contribution in [2.45, 2.75) is 25.8 Å². The minimum absolute atomic E-state index is 0.171. The lowest BCUT2D eigenvalue weighted by molar-refractivity contribution is -0.125. The van der Waals surface area contributed by atoms with Gasteiger partial charge in [0.05, 0.1) is 17.7 Å². The van der Waals surface area contributed by atoms with Gasteiger partial charge in [-0.15, -0.1) is 0 Å². The van der Waals surface area contributed by atoms with Gasteiger partial charge in [-0.2, -0.15) is 0 Å². The molecule has 1 aliphatic heterocycles. The Kier molecular flexibility index (Phi) is 9.24. The molecule has 40 heavy (non-hydrogen) atoms. The van der Waals surface area contributed by atoms with E-state index in [1.165, 1.54) is 24.3 Å². The fourth-order valence-corrected chi connectivity index (χ4v) is 4.27. The molecular weight excluding hydrogens is 514 g/mol. The van der Waals surface area contributed by atoms with Crippen molar-refractivity contribution in [1.29, 1.82) is 0 Å². The predicted molar refractivity (Wildman–Crippen MR) is 145 cm³/mol. The van der Waals surface area contributed by atoms with Crippen LogP contribution >= 0.6 is 0 Å². The molecule has 1 aliphatic rings. The van der Waals surface area contributed by atoms with Crippen LogP contribution in [-0.4, -0.2) is 60.4 Å². The van der Waals surface area contributed by atoms with E-state index in [0.717, 1.165) is 10.5 Å². The molecule has 3 aromatic carbocycles. The number of hydrogen-bond donors (Lipinski definition) is 2. The van der Waals surface area contributed by atoms with Crippen molar-refractivity contribution in [2.24, 2.45) is 0 Å². The monoisotopic (exact) mass is 543 g/mol. The lowest BCUT2D eigenvalue weighted by Gasteiger charge is -2.25. The molecule has 4 rings (SSSR count). The third-order valence-electron chi connectivity index (χ3n) is 6.23. The molecule has 4 amide bonds. The number of amides is 4. The van der Waals surface area contributed by atoms with E-state index in [1.807, 2.05) is 30.3 Å². The van der Waals surface area contributed by atoms with Crippen molar-refractivity contribution in [2.75, 3.05) is 19.7 Å². The van der Waals surface area contributed by atoms with Crippen LogP contribution in [0.3, 0.4) is 0 Å². The number of carbonyl (C=O) groups is 5. The molecule has 0 bridgehead atoms. The second kappa shape index (κ2) is 13.2. The molecule has 2 N–H and O–H groups in total. The third-order valence-corrected chi connectivity index (χ3v) is 6.23. The first-order chi connectivity index (χ1) is 19.4. The maximum atomic E-state index is 13.3. The van der Waals surface area contributed by atoms with Gasteiger partial charge in [0.15, 0.2) is 0 Å². The summed E-state index contributed by atoms with van der Waals surface area (Å²) in [6, 6.07) is 20.7. The summed E-state index contributed by atoms with van der Waals surface area (Å²) < 4.78 is 9.68. The summed E-state index contributed by atoms with van der Waals surface area (Å²) >= 11 is 0. The number of ether oxygens (including phenoxy) is 2. The summed E-state index contributed by atoms with van der Waals surface area (Å²) in [6.07, 6.45) is -0.234. The van der Waals surface area contributed by atoms with Gasteiger partial charge in [0.2, 0.25) is 5.91 Å². The van der Waals surface area contributed by atoms with Gasteiger partial charge in [-0.05, 0) is 55.3 Å². The van der Waals surface area contributed by atoms with Gasteiger partial charge in [0, 0.05) is 25.1 Å². The van der Waals surface area contributed by atoms with Gasteiger partial charge >= 0.3 is 6.16 Å². The Morgan fingerprint density at radius 1 is 0.800 bits per heavy atom. The average molecular weight is 544 g/mol. The molecular formula is C30H29N3O7. The molecule has 0 aromatic heterocycles. The maximum Gasteiger partial charge on any atom is 0.513 e. The summed E-state index contributed by atoms with van der Waals surface area (Å²) in [5.74, 6) is -1.53. The highest BCUT2D eigenvalue weighted by Crippen LogP contribution is 2.26. The molecule has 0 fully saturated rings. The van der Waals surface area contributed by atoms with E-state index in [1.54, 1.807) is 31.2 Å². The van der Waals surface area contributed by atoms with Gasteiger partial charge in [-0.3, -0.25) is 24.1 Å². The Morgan fingerprint density at radius 3 is 2.02 bits per heavy atom. The van der Waals surface area contributed by atoms with Crippen LogP contribution in [0.5, 0.6) is 5.75 Å². The summed E-state index contributed by atoms with van der Waals surface area (Å²) in [5.41, 5.74) is 1.74. The van der Waals surface area contributed by atoms with Crippen molar-refractivity contribution in [1.82, 2.24) is 15.5 Å². The quantitative estimate of drug-likeness (QED) is 0.164. The standard InChI is InChI=1S/C30H29N3O7/c1-2-39-30(38)40-22-15-13-21(14-16-22)26(34)31-17-8-18-32-27(35)25(19-20-9-4-3-5-10-20)33-28(36)23-11-6-7-12-24(23)29(33)37/h3-7,9-16,25H,2,8,17-19H2,1H3,(H,31,34)(H,32,35). The fourth-order valence-electron chi connectivity index (χ4n) is 4.27. The van der Waals surface area contributed by atoms with Crippen molar-refractivity contribution in [3.05, 3.63) is 101 Å². The van der Waals surface area contributed by atoms with Gasteiger partial charge in [-0.1, -0.05) is 42.5 Å². The third kappa shape index (κ3) is 6.71. The number of hydrogen-bond acceptors (Lipinski definition) is 7. The van der Waals surface area contributed by atoms with E-state index in [4.69, 9.17) is 9.47 Å². The number of nitrogens with zero attached hydrogens (tertiary/aromatic N) is 1. The van der Waals surface area contributed by atoms with Crippen LogP contribution in [0.2, 0.25) is 0 Å². The van der Waals surface area contributed by atoms with E-state index < -0.39 is 29.9 Å². The van der Waals surface area contributed by atoms with Crippen molar-refractivity contribution in [3.8, 4) is 5.75 Å². The van der Waals surface area contributed by atoms with Crippen molar-refractivity contribution in [3.63, 3.8) is 0 Å². The Bertz CT molecular complexity index is 1350. The fraction of sp³-hybridized carbons (Fsp3) is 0.233. The molecule has 1 unspecified atom stereocenters. The smallest absolute Gasteiger partial charge is 0.434 e. The first kappa shape index (κ1) is 28.0. The number of benzene rings is 3. The topological polar surface area (TPSA) is 131 Å². The SMILES string of the molecule is CCOC(=O)Oc1ccc(C(=O)NCCCNC(=O)C(Cc2ccccc2)N2C(=O)c3ccccc3C2=O)cc1. The number of fused-ring (bicyclic) bond motifs is 1. The number of nitrogens with one attached hydrogen (secondary N) is 2. The second-order valence-electron chi connectivity index (χ2n) is 8.94. The highest BCUT2D eigenvalue weighted by atomic mass is 16.7. The van der Waals surface area contributed by atoms with Crippen LogP contribution in [0, 0.1) is 0 Å². The second-order valence-corrected chi connectivity index (χ2v) is 8.94. The highest BCUT2D eigenvalue weighted by molar-refractivity contribution is 6.22.